The summed E-state index contributed by atoms with van der Waals surface area (Å²) in [5, 5.41) is 0. The topological polar surface area (TPSA) is 29.4 Å². The highest BCUT2D eigenvalue weighted by atomic mass is 79.9. The molecule has 0 N–H and O–H groups in total. The van der Waals surface area contributed by atoms with Crippen LogP contribution < -0.4 is 0 Å². The molecule has 0 spiro atoms. The Morgan fingerprint density at radius 3 is 2.38 bits per heavy atom. The van der Waals surface area contributed by atoms with Crippen LogP contribution in [0.4, 0.5) is 0 Å². The molecule has 0 saturated heterocycles. The molecule has 0 radical (unpaired) electrons. The van der Waals surface area contributed by atoms with E-state index >= 15 is 0 Å². The number of rotatable bonds is 2. The van der Waals surface area contributed by atoms with Gasteiger partial charge in [-0.3, -0.25) is 0 Å². The zero-order chi connectivity index (χ0) is 11.6. The summed E-state index contributed by atoms with van der Waals surface area (Å²) in [6, 6.07) is 7.93. The van der Waals surface area contributed by atoms with Crippen molar-refractivity contribution in [1.29, 1.82) is 0 Å². The van der Waals surface area contributed by atoms with E-state index in [9.17, 15) is 4.21 Å². The zero-order valence-electron chi connectivity index (χ0n) is 9.36. The summed E-state index contributed by atoms with van der Waals surface area (Å²) >= 11 is 3.38. The lowest BCUT2D eigenvalue weighted by molar-refractivity contribution is 0.661. The molecule has 1 aliphatic rings. The van der Waals surface area contributed by atoms with Gasteiger partial charge >= 0.3 is 0 Å². The van der Waals surface area contributed by atoms with Gasteiger partial charge in [0.2, 0.25) is 0 Å². The fourth-order valence-electron chi connectivity index (χ4n) is 2.04. The third kappa shape index (κ3) is 2.86. The first-order valence-corrected chi connectivity index (χ1v) is 8.26. The maximum absolute atomic E-state index is 12.5. The van der Waals surface area contributed by atoms with Crippen LogP contribution in [0.2, 0.25) is 0 Å². The fraction of sp³-hybridized carbons (Fsp3) is 0.500. The Balaban J connectivity index is 2.30. The van der Waals surface area contributed by atoms with Crippen LogP contribution in [-0.4, -0.2) is 16.5 Å². The van der Waals surface area contributed by atoms with Gasteiger partial charge in [-0.1, -0.05) is 28.8 Å². The van der Waals surface area contributed by atoms with E-state index in [1.165, 1.54) is 12.8 Å². The highest BCUT2D eigenvalue weighted by Gasteiger charge is 2.16. The van der Waals surface area contributed by atoms with E-state index in [0.29, 0.717) is 6.04 Å². The van der Waals surface area contributed by atoms with E-state index in [0.717, 1.165) is 22.2 Å². The zero-order valence-corrected chi connectivity index (χ0v) is 11.8. The Hall–Kier alpha value is -0.350. The molecule has 0 bridgehead atoms. The van der Waals surface area contributed by atoms with E-state index < -0.39 is 9.73 Å². The van der Waals surface area contributed by atoms with Crippen LogP contribution in [0.5, 0.6) is 0 Å². The fourth-order valence-corrected chi connectivity index (χ4v) is 3.85. The number of halogens is 1. The van der Waals surface area contributed by atoms with Crippen molar-refractivity contribution in [3.05, 3.63) is 28.7 Å². The predicted molar refractivity (Wildman–Crippen MR) is 71.2 cm³/mol. The Bertz CT molecular complexity index is 468. The Kier molecular flexibility index (Phi) is 3.70. The highest BCUT2D eigenvalue weighted by Crippen LogP contribution is 2.24. The molecule has 2 rings (SSSR count). The van der Waals surface area contributed by atoms with Crippen molar-refractivity contribution in [3.63, 3.8) is 0 Å². The largest absolute Gasteiger partial charge is 0.245 e. The molecule has 1 aliphatic carbocycles. The average molecular weight is 302 g/mol. The van der Waals surface area contributed by atoms with Gasteiger partial charge in [-0.2, -0.15) is 0 Å². The number of benzene rings is 1. The first-order valence-electron chi connectivity index (χ1n) is 5.55. The van der Waals surface area contributed by atoms with Crippen LogP contribution in [0.15, 0.2) is 38.0 Å². The Morgan fingerprint density at radius 2 is 1.81 bits per heavy atom. The maximum Gasteiger partial charge on any atom is 0.0725 e. The summed E-state index contributed by atoms with van der Waals surface area (Å²) in [5.41, 5.74) is 0. The number of nitrogens with zero attached hydrogens (tertiary/aromatic N) is 1. The Morgan fingerprint density at radius 1 is 1.25 bits per heavy atom. The molecule has 1 atom stereocenters. The molecule has 1 aromatic rings. The standard InChI is InChI=1S/C12H16BrNOS/c1-16(15,14-11-4-2-3-5-11)12-8-6-10(13)7-9-12/h6-9,11H,2-5H2,1H3. The number of hydrogen-bond acceptors (Lipinski definition) is 2. The van der Waals surface area contributed by atoms with Gasteiger partial charge in [0.05, 0.1) is 15.8 Å². The third-order valence-corrected chi connectivity index (χ3v) is 5.30. The molecule has 2 nitrogen and oxygen atoms in total. The minimum absolute atomic E-state index is 0.307. The second-order valence-corrected chi connectivity index (χ2v) is 7.50. The van der Waals surface area contributed by atoms with Gasteiger partial charge < -0.3 is 0 Å². The molecule has 0 aliphatic heterocycles. The monoisotopic (exact) mass is 301 g/mol. The van der Waals surface area contributed by atoms with E-state index in [-0.39, 0.29) is 0 Å². The first-order chi connectivity index (χ1) is 7.58. The van der Waals surface area contributed by atoms with Gasteiger partial charge in [-0.15, -0.1) is 0 Å². The van der Waals surface area contributed by atoms with Crippen molar-refractivity contribution >= 4 is 25.7 Å². The normalized spacial score (nSPS) is 20.6. The highest BCUT2D eigenvalue weighted by molar-refractivity contribution is 9.10. The molecular weight excluding hydrogens is 286 g/mol. The van der Waals surface area contributed by atoms with Crippen molar-refractivity contribution in [2.45, 2.75) is 36.6 Å². The van der Waals surface area contributed by atoms with Crippen LogP contribution in [0.3, 0.4) is 0 Å². The summed E-state index contributed by atoms with van der Waals surface area (Å²) in [6.07, 6.45) is 6.39. The minimum Gasteiger partial charge on any atom is -0.245 e. The quantitative estimate of drug-likeness (QED) is 0.816. The minimum atomic E-state index is -2.21. The lowest BCUT2D eigenvalue weighted by atomic mass is 10.3. The SMILES string of the molecule is CS(=O)(=NC1CCCC1)c1ccc(Br)cc1. The third-order valence-electron chi connectivity index (χ3n) is 2.93. The van der Waals surface area contributed by atoms with Crippen LogP contribution in [0.25, 0.3) is 0 Å². The van der Waals surface area contributed by atoms with Crippen molar-refractivity contribution in [3.8, 4) is 0 Å². The van der Waals surface area contributed by atoms with Crippen LogP contribution in [-0.2, 0) is 9.73 Å². The molecule has 1 aromatic carbocycles. The summed E-state index contributed by atoms with van der Waals surface area (Å²) in [7, 11) is -2.21. The van der Waals surface area contributed by atoms with E-state index in [4.69, 9.17) is 0 Å². The van der Waals surface area contributed by atoms with Gasteiger partial charge in [0.1, 0.15) is 0 Å². The van der Waals surface area contributed by atoms with E-state index in [1.54, 1.807) is 6.26 Å². The summed E-state index contributed by atoms with van der Waals surface area (Å²) < 4.78 is 18.0. The average Bonchev–Trinajstić information content (AvgIpc) is 2.70. The van der Waals surface area contributed by atoms with Crippen molar-refractivity contribution in [2.24, 2.45) is 4.36 Å². The van der Waals surface area contributed by atoms with Gasteiger partial charge in [-0.05, 0) is 37.1 Å². The smallest absolute Gasteiger partial charge is 0.0725 e. The predicted octanol–water partition coefficient (Wildman–Crippen LogP) is 3.85. The molecule has 1 fully saturated rings. The van der Waals surface area contributed by atoms with Crippen molar-refractivity contribution < 1.29 is 4.21 Å². The van der Waals surface area contributed by atoms with Gasteiger partial charge in [0, 0.05) is 15.6 Å². The molecule has 1 saturated carbocycles. The molecule has 88 valence electrons. The Labute approximate surface area is 106 Å². The summed E-state index contributed by atoms with van der Waals surface area (Å²) in [6.45, 7) is 0. The van der Waals surface area contributed by atoms with Crippen LogP contribution in [0, 0.1) is 0 Å². The maximum atomic E-state index is 12.5. The molecule has 4 heteroatoms. The van der Waals surface area contributed by atoms with Crippen LogP contribution in [0.1, 0.15) is 25.7 Å². The van der Waals surface area contributed by atoms with Gasteiger partial charge in [0.15, 0.2) is 0 Å². The lowest BCUT2D eigenvalue weighted by Gasteiger charge is -2.08. The van der Waals surface area contributed by atoms with Crippen molar-refractivity contribution in [1.82, 2.24) is 0 Å². The van der Waals surface area contributed by atoms with E-state index in [2.05, 4.69) is 20.3 Å². The van der Waals surface area contributed by atoms with Crippen LogP contribution >= 0.6 is 15.9 Å². The molecule has 0 heterocycles. The summed E-state index contributed by atoms with van der Waals surface area (Å²) in [5.74, 6) is 0. The molecule has 0 amide bonds. The lowest BCUT2D eigenvalue weighted by Crippen LogP contribution is -2.04. The molecule has 0 aromatic heterocycles. The van der Waals surface area contributed by atoms with Gasteiger partial charge in [0.25, 0.3) is 0 Å². The first kappa shape index (κ1) is 12.1. The second kappa shape index (κ2) is 4.88. The van der Waals surface area contributed by atoms with Gasteiger partial charge in [-0.25, -0.2) is 8.57 Å². The van der Waals surface area contributed by atoms with E-state index in [1.807, 2.05) is 24.3 Å². The van der Waals surface area contributed by atoms with Crippen molar-refractivity contribution in [2.75, 3.05) is 6.26 Å². The molecule has 16 heavy (non-hydrogen) atoms. The molecule has 1 unspecified atom stereocenters. The number of hydrogen-bond donors (Lipinski definition) is 0. The summed E-state index contributed by atoms with van der Waals surface area (Å²) in [4.78, 5) is 0.836. The second-order valence-electron chi connectivity index (χ2n) is 4.30. The molecular formula is C12H16BrNOS.